The molecule has 3 aromatic heterocycles. The van der Waals surface area contributed by atoms with Crippen molar-refractivity contribution in [2.45, 2.75) is 25.8 Å². The molecule has 1 aliphatic heterocycles. The van der Waals surface area contributed by atoms with Crippen LogP contribution in [-0.4, -0.2) is 25.2 Å². The van der Waals surface area contributed by atoms with Crippen LogP contribution in [0.15, 0.2) is 54.0 Å². The highest BCUT2D eigenvalue weighted by Gasteiger charge is 2.26. The Bertz CT molecular complexity index is 915. The van der Waals surface area contributed by atoms with E-state index >= 15 is 0 Å². The van der Waals surface area contributed by atoms with E-state index in [-0.39, 0.29) is 5.92 Å². The fraction of sp³-hybridized carbons (Fsp3) is 0.222. The van der Waals surface area contributed by atoms with Crippen molar-refractivity contribution in [2.24, 2.45) is 4.99 Å². The van der Waals surface area contributed by atoms with E-state index in [1.54, 1.807) is 24.5 Å². The van der Waals surface area contributed by atoms with Gasteiger partial charge in [-0.1, -0.05) is 13.0 Å². The molecule has 0 aliphatic carbocycles. The molecule has 0 saturated carbocycles. The molecule has 0 radical (unpaired) electrons. The first kappa shape index (κ1) is 14.7. The molecule has 1 aliphatic rings. The van der Waals surface area contributed by atoms with Gasteiger partial charge in [0.05, 0.1) is 12.2 Å². The number of aromatic nitrogens is 4. The van der Waals surface area contributed by atoms with E-state index in [0.29, 0.717) is 18.1 Å². The minimum atomic E-state index is -0.509. The van der Waals surface area contributed by atoms with Crippen LogP contribution in [0.5, 0.6) is 0 Å². The lowest BCUT2D eigenvalue weighted by molar-refractivity contribution is 0.584. The molecule has 120 valence electrons. The highest BCUT2D eigenvalue weighted by atomic mass is 19.1. The summed E-state index contributed by atoms with van der Waals surface area (Å²) in [6.07, 6.45) is 8.19. The highest BCUT2D eigenvalue weighted by molar-refractivity contribution is 5.98. The maximum atomic E-state index is 13.4. The Morgan fingerprint density at radius 2 is 2.12 bits per heavy atom. The van der Waals surface area contributed by atoms with Crippen LogP contribution in [0.3, 0.4) is 0 Å². The Hall–Kier alpha value is -2.89. The van der Waals surface area contributed by atoms with Gasteiger partial charge in [0.25, 0.3) is 0 Å². The first-order chi connectivity index (χ1) is 11.8. The van der Waals surface area contributed by atoms with Crippen molar-refractivity contribution in [3.8, 4) is 11.5 Å². The molecular weight excluding hydrogens is 305 g/mol. The zero-order valence-corrected chi connectivity index (χ0v) is 13.2. The molecule has 0 amide bonds. The first-order valence-corrected chi connectivity index (χ1v) is 7.91. The van der Waals surface area contributed by atoms with E-state index in [9.17, 15) is 4.39 Å². The quantitative estimate of drug-likeness (QED) is 0.688. The number of fused-ring (bicyclic) bond motifs is 1. The fourth-order valence-corrected chi connectivity index (χ4v) is 3.16. The molecule has 6 heteroatoms. The van der Waals surface area contributed by atoms with E-state index < -0.39 is 5.95 Å². The first-order valence-electron chi connectivity index (χ1n) is 7.91. The van der Waals surface area contributed by atoms with Gasteiger partial charge in [-0.15, -0.1) is 0 Å². The van der Waals surface area contributed by atoms with Crippen molar-refractivity contribution in [2.75, 3.05) is 0 Å². The summed E-state index contributed by atoms with van der Waals surface area (Å²) in [5.74, 6) is 0.385. The average molecular weight is 321 g/mol. The summed E-state index contributed by atoms with van der Waals surface area (Å²) in [7, 11) is 0. The van der Waals surface area contributed by atoms with Gasteiger partial charge in [0, 0.05) is 42.0 Å². The van der Waals surface area contributed by atoms with Crippen LogP contribution in [0.1, 0.15) is 24.8 Å². The standard InChI is InChI=1S/C18H16FN5/c1-2-12-13-10-20-7-6-14(13)22-16(12)11-24-9-8-21-18(24)15-4-3-5-17(19)23-15/h3-10,12H,2,11H2,1H3. The van der Waals surface area contributed by atoms with Crippen molar-refractivity contribution >= 4 is 11.4 Å². The highest BCUT2D eigenvalue weighted by Crippen LogP contribution is 2.37. The van der Waals surface area contributed by atoms with Crippen LogP contribution >= 0.6 is 0 Å². The number of hydrogen-bond donors (Lipinski definition) is 0. The summed E-state index contributed by atoms with van der Waals surface area (Å²) >= 11 is 0. The molecule has 0 N–H and O–H groups in total. The average Bonchev–Trinajstić information content (AvgIpc) is 3.19. The Morgan fingerprint density at radius 3 is 2.96 bits per heavy atom. The lowest BCUT2D eigenvalue weighted by Crippen LogP contribution is -2.16. The molecular formula is C18H16FN5. The van der Waals surface area contributed by atoms with Crippen molar-refractivity contribution in [3.63, 3.8) is 0 Å². The number of imidazole rings is 1. The van der Waals surface area contributed by atoms with Crippen LogP contribution in [0.4, 0.5) is 10.1 Å². The van der Waals surface area contributed by atoms with Gasteiger partial charge in [0.1, 0.15) is 5.69 Å². The molecule has 0 aromatic carbocycles. The van der Waals surface area contributed by atoms with Gasteiger partial charge in [0.15, 0.2) is 5.82 Å². The monoisotopic (exact) mass is 321 g/mol. The number of hydrogen-bond acceptors (Lipinski definition) is 4. The van der Waals surface area contributed by atoms with E-state index in [0.717, 1.165) is 17.8 Å². The normalized spacial score (nSPS) is 16.1. The van der Waals surface area contributed by atoms with Crippen molar-refractivity contribution < 1.29 is 4.39 Å². The van der Waals surface area contributed by atoms with E-state index in [2.05, 4.69) is 21.9 Å². The summed E-state index contributed by atoms with van der Waals surface area (Å²) in [5, 5.41) is 0. The third-order valence-electron chi connectivity index (χ3n) is 4.27. The zero-order chi connectivity index (χ0) is 16.5. The van der Waals surface area contributed by atoms with Gasteiger partial charge >= 0.3 is 0 Å². The summed E-state index contributed by atoms with van der Waals surface area (Å²) in [6, 6.07) is 6.66. The van der Waals surface area contributed by atoms with Gasteiger partial charge in [-0.2, -0.15) is 4.39 Å². The van der Waals surface area contributed by atoms with E-state index in [1.807, 2.05) is 23.0 Å². The molecule has 0 spiro atoms. The van der Waals surface area contributed by atoms with Gasteiger partial charge in [-0.3, -0.25) is 9.98 Å². The Morgan fingerprint density at radius 1 is 1.21 bits per heavy atom. The number of nitrogens with zero attached hydrogens (tertiary/aromatic N) is 5. The molecule has 3 aromatic rings. The van der Waals surface area contributed by atoms with Crippen molar-refractivity contribution in [3.05, 3.63) is 60.6 Å². The third-order valence-corrected chi connectivity index (χ3v) is 4.27. The topological polar surface area (TPSA) is 56.0 Å². The Balaban J connectivity index is 1.67. The van der Waals surface area contributed by atoms with Gasteiger partial charge < -0.3 is 4.57 Å². The summed E-state index contributed by atoms with van der Waals surface area (Å²) in [5.41, 5.74) is 3.74. The van der Waals surface area contributed by atoms with Crippen molar-refractivity contribution in [1.82, 2.24) is 19.5 Å². The molecule has 1 atom stereocenters. The van der Waals surface area contributed by atoms with Crippen LogP contribution in [-0.2, 0) is 6.54 Å². The fourth-order valence-electron chi connectivity index (χ4n) is 3.16. The second kappa shape index (κ2) is 5.96. The van der Waals surface area contributed by atoms with E-state index in [1.165, 1.54) is 11.6 Å². The smallest absolute Gasteiger partial charge is 0.213 e. The summed E-state index contributed by atoms with van der Waals surface area (Å²) < 4.78 is 15.4. The minimum Gasteiger partial charge on any atom is -0.324 e. The molecule has 4 rings (SSSR count). The molecule has 5 nitrogen and oxygen atoms in total. The Kier molecular flexibility index (Phi) is 3.65. The lowest BCUT2D eigenvalue weighted by Gasteiger charge is -2.14. The van der Waals surface area contributed by atoms with Crippen LogP contribution in [0.2, 0.25) is 0 Å². The van der Waals surface area contributed by atoms with E-state index in [4.69, 9.17) is 4.99 Å². The SMILES string of the molecule is CCC1C(Cn2ccnc2-c2cccc(F)n2)=Nc2ccncc21. The zero-order valence-electron chi connectivity index (χ0n) is 13.2. The molecule has 0 fully saturated rings. The number of aliphatic imine (C=N–C) groups is 1. The predicted molar refractivity (Wildman–Crippen MR) is 89.8 cm³/mol. The lowest BCUT2D eigenvalue weighted by atomic mass is 9.94. The minimum absolute atomic E-state index is 0.254. The number of pyridine rings is 2. The van der Waals surface area contributed by atoms with Crippen LogP contribution in [0, 0.1) is 5.95 Å². The molecule has 0 bridgehead atoms. The maximum Gasteiger partial charge on any atom is 0.213 e. The van der Waals surface area contributed by atoms with Crippen molar-refractivity contribution in [1.29, 1.82) is 0 Å². The second-order valence-electron chi connectivity index (χ2n) is 5.72. The third kappa shape index (κ3) is 2.50. The second-order valence-corrected chi connectivity index (χ2v) is 5.72. The number of rotatable bonds is 4. The van der Waals surface area contributed by atoms with Gasteiger partial charge in [0.2, 0.25) is 5.95 Å². The number of halogens is 1. The maximum absolute atomic E-state index is 13.4. The van der Waals surface area contributed by atoms with Gasteiger partial charge in [-0.05, 0) is 24.6 Å². The van der Waals surface area contributed by atoms with Gasteiger partial charge in [-0.25, -0.2) is 9.97 Å². The molecule has 1 unspecified atom stereocenters. The van der Waals surface area contributed by atoms with Crippen LogP contribution in [0.25, 0.3) is 11.5 Å². The van der Waals surface area contributed by atoms with Crippen LogP contribution < -0.4 is 0 Å². The molecule has 0 saturated heterocycles. The molecule has 24 heavy (non-hydrogen) atoms. The Labute approximate surface area is 139 Å². The summed E-state index contributed by atoms with van der Waals surface area (Å²) in [6.45, 7) is 2.74. The summed E-state index contributed by atoms with van der Waals surface area (Å²) in [4.78, 5) is 17.2. The largest absolute Gasteiger partial charge is 0.324 e. The molecule has 4 heterocycles. The predicted octanol–water partition coefficient (Wildman–Crippen LogP) is 3.76.